The third-order valence-electron chi connectivity index (χ3n) is 2.37. The SMILES string of the molecule is CN(C)c1nc(C(F)(F)F)ccc1OC1CC1. The van der Waals surface area contributed by atoms with E-state index < -0.39 is 11.9 Å². The van der Waals surface area contributed by atoms with E-state index in [2.05, 4.69) is 4.98 Å². The average Bonchev–Trinajstić information content (AvgIpc) is 3.00. The fraction of sp³-hybridized carbons (Fsp3) is 0.545. The van der Waals surface area contributed by atoms with Crippen LogP contribution < -0.4 is 9.64 Å². The Morgan fingerprint density at radius 2 is 1.94 bits per heavy atom. The minimum atomic E-state index is -4.43. The highest BCUT2D eigenvalue weighted by Gasteiger charge is 2.34. The van der Waals surface area contributed by atoms with Crippen molar-refractivity contribution in [3.05, 3.63) is 17.8 Å². The molecule has 0 N–H and O–H groups in total. The number of ether oxygens (including phenoxy) is 1. The fourth-order valence-electron chi connectivity index (χ4n) is 1.37. The Balaban J connectivity index is 2.33. The first-order chi connectivity index (χ1) is 7.88. The van der Waals surface area contributed by atoms with Gasteiger partial charge in [0, 0.05) is 14.1 Å². The van der Waals surface area contributed by atoms with Gasteiger partial charge in [0.1, 0.15) is 5.69 Å². The molecule has 2 rings (SSSR count). The molecule has 3 nitrogen and oxygen atoms in total. The lowest BCUT2D eigenvalue weighted by Crippen LogP contribution is -2.17. The summed E-state index contributed by atoms with van der Waals surface area (Å²) >= 11 is 0. The van der Waals surface area contributed by atoms with Crippen molar-refractivity contribution in [1.82, 2.24) is 4.98 Å². The lowest BCUT2D eigenvalue weighted by atomic mass is 10.3. The highest BCUT2D eigenvalue weighted by Crippen LogP contribution is 2.35. The Morgan fingerprint density at radius 3 is 2.41 bits per heavy atom. The smallest absolute Gasteiger partial charge is 0.433 e. The normalized spacial score (nSPS) is 15.8. The van der Waals surface area contributed by atoms with Gasteiger partial charge in [-0.05, 0) is 25.0 Å². The molecule has 1 aromatic rings. The van der Waals surface area contributed by atoms with Crippen molar-refractivity contribution in [2.24, 2.45) is 0 Å². The summed E-state index contributed by atoms with van der Waals surface area (Å²) < 4.78 is 43.1. The number of rotatable bonds is 3. The van der Waals surface area contributed by atoms with Crippen LogP contribution in [0.2, 0.25) is 0 Å². The van der Waals surface area contributed by atoms with Gasteiger partial charge in [-0.1, -0.05) is 0 Å². The quantitative estimate of drug-likeness (QED) is 0.820. The molecule has 94 valence electrons. The summed E-state index contributed by atoms with van der Waals surface area (Å²) in [5.41, 5.74) is -0.899. The Bertz CT molecular complexity index is 414. The average molecular weight is 246 g/mol. The van der Waals surface area contributed by atoms with Crippen LogP contribution in [-0.4, -0.2) is 25.2 Å². The molecule has 0 bridgehead atoms. The van der Waals surface area contributed by atoms with Crippen LogP contribution in [-0.2, 0) is 6.18 Å². The highest BCUT2D eigenvalue weighted by atomic mass is 19.4. The molecule has 0 saturated heterocycles. The number of nitrogens with zero attached hydrogens (tertiary/aromatic N) is 2. The van der Waals surface area contributed by atoms with Crippen LogP contribution in [0.3, 0.4) is 0 Å². The number of hydrogen-bond donors (Lipinski definition) is 0. The molecule has 1 aromatic heterocycles. The second-order valence-corrected chi connectivity index (χ2v) is 4.23. The van der Waals surface area contributed by atoms with Crippen molar-refractivity contribution < 1.29 is 17.9 Å². The van der Waals surface area contributed by atoms with Crippen LogP contribution in [0.5, 0.6) is 5.75 Å². The largest absolute Gasteiger partial charge is 0.487 e. The van der Waals surface area contributed by atoms with Crippen molar-refractivity contribution in [2.75, 3.05) is 19.0 Å². The maximum atomic E-state index is 12.5. The number of hydrogen-bond acceptors (Lipinski definition) is 3. The van der Waals surface area contributed by atoms with Crippen molar-refractivity contribution >= 4 is 5.82 Å². The molecular formula is C11H13F3N2O. The lowest BCUT2D eigenvalue weighted by Gasteiger charge is -2.18. The summed E-state index contributed by atoms with van der Waals surface area (Å²) in [4.78, 5) is 5.12. The summed E-state index contributed by atoms with van der Waals surface area (Å²) in [6.07, 6.45) is -2.39. The lowest BCUT2D eigenvalue weighted by molar-refractivity contribution is -0.141. The minimum Gasteiger partial charge on any atom is -0.487 e. The van der Waals surface area contributed by atoms with E-state index in [1.165, 1.54) is 11.0 Å². The molecule has 1 aliphatic rings. The number of halogens is 3. The van der Waals surface area contributed by atoms with E-state index in [-0.39, 0.29) is 11.9 Å². The van der Waals surface area contributed by atoms with Gasteiger partial charge in [-0.2, -0.15) is 13.2 Å². The van der Waals surface area contributed by atoms with Crippen molar-refractivity contribution in [2.45, 2.75) is 25.1 Å². The van der Waals surface area contributed by atoms with E-state index >= 15 is 0 Å². The zero-order valence-corrected chi connectivity index (χ0v) is 9.58. The van der Waals surface area contributed by atoms with Gasteiger partial charge in [0.05, 0.1) is 6.10 Å². The topological polar surface area (TPSA) is 25.4 Å². The zero-order valence-electron chi connectivity index (χ0n) is 9.58. The van der Waals surface area contributed by atoms with Gasteiger partial charge in [-0.15, -0.1) is 0 Å². The summed E-state index contributed by atoms with van der Waals surface area (Å²) in [5, 5.41) is 0. The molecule has 1 saturated carbocycles. The molecule has 0 spiro atoms. The van der Waals surface area contributed by atoms with Gasteiger partial charge in [0.25, 0.3) is 0 Å². The maximum absolute atomic E-state index is 12.5. The molecule has 1 heterocycles. The van der Waals surface area contributed by atoms with Gasteiger partial charge in [-0.25, -0.2) is 4.98 Å². The van der Waals surface area contributed by atoms with Crippen LogP contribution in [0.25, 0.3) is 0 Å². The Kier molecular flexibility index (Phi) is 2.89. The predicted octanol–water partition coefficient (Wildman–Crippen LogP) is 2.71. The minimum absolute atomic E-state index is 0.132. The van der Waals surface area contributed by atoms with Crippen LogP contribution in [0.4, 0.5) is 19.0 Å². The second kappa shape index (κ2) is 4.09. The van der Waals surface area contributed by atoms with E-state index in [0.717, 1.165) is 18.9 Å². The highest BCUT2D eigenvalue weighted by molar-refractivity contribution is 5.52. The van der Waals surface area contributed by atoms with Gasteiger partial charge >= 0.3 is 6.18 Å². The van der Waals surface area contributed by atoms with Gasteiger partial charge < -0.3 is 9.64 Å². The molecule has 0 unspecified atom stereocenters. The Labute approximate surface area is 97.2 Å². The zero-order chi connectivity index (χ0) is 12.6. The van der Waals surface area contributed by atoms with E-state index in [4.69, 9.17) is 4.74 Å². The summed E-state index contributed by atoms with van der Waals surface area (Å²) in [7, 11) is 3.28. The molecule has 0 radical (unpaired) electrons. The van der Waals surface area contributed by atoms with Crippen molar-refractivity contribution in [3.63, 3.8) is 0 Å². The molecule has 0 atom stereocenters. The second-order valence-electron chi connectivity index (χ2n) is 4.23. The first-order valence-corrected chi connectivity index (χ1v) is 5.30. The first-order valence-electron chi connectivity index (χ1n) is 5.30. The van der Waals surface area contributed by atoms with Gasteiger partial charge in [-0.3, -0.25) is 0 Å². The van der Waals surface area contributed by atoms with Crippen LogP contribution in [0.1, 0.15) is 18.5 Å². The third kappa shape index (κ3) is 2.81. The molecule has 1 aliphatic carbocycles. The summed E-state index contributed by atoms with van der Waals surface area (Å²) in [5.74, 6) is 0.622. The van der Waals surface area contributed by atoms with E-state index in [1.54, 1.807) is 14.1 Å². The molecule has 1 fully saturated rings. The fourth-order valence-corrected chi connectivity index (χ4v) is 1.37. The molecule has 0 aromatic carbocycles. The standard InChI is InChI=1S/C11H13F3N2O/c1-16(2)10-8(17-7-3-4-7)5-6-9(15-10)11(12,13)14/h5-7H,3-4H2,1-2H3. The number of pyridine rings is 1. The Morgan fingerprint density at radius 1 is 1.29 bits per heavy atom. The molecule has 0 amide bonds. The molecular weight excluding hydrogens is 233 g/mol. The molecule has 0 aliphatic heterocycles. The Hall–Kier alpha value is -1.46. The van der Waals surface area contributed by atoms with Gasteiger partial charge in [0.2, 0.25) is 0 Å². The van der Waals surface area contributed by atoms with E-state index in [0.29, 0.717) is 5.75 Å². The number of anilines is 1. The van der Waals surface area contributed by atoms with Crippen molar-refractivity contribution in [1.29, 1.82) is 0 Å². The van der Waals surface area contributed by atoms with E-state index in [1.807, 2.05) is 0 Å². The van der Waals surface area contributed by atoms with Crippen LogP contribution >= 0.6 is 0 Å². The molecule has 17 heavy (non-hydrogen) atoms. The first kappa shape index (κ1) is 12.0. The van der Waals surface area contributed by atoms with Gasteiger partial charge in [0.15, 0.2) is 11.6 Å². The monoisotopic (exact) mass is 246 g/mol. The third-order valence-corrected chi connectivity index (χ3v) is 2.37. The maximum Gasteiger partial charge on any atom is 0.433 e. The number of alkyl halides is 3. The number of aromatic nitrogens is 1. The van der Waals surface area contributed by atoms with Crippen LogP contribution in [0.15, 0.2) is 12.1 Å². The van der Waals surface area contributed by atoms with Crippen molar-refractivity contribution in [3.8, 4) is 5.75 Å². The van der Waals surface area contributed by atoms with Crippen LogP contribution in [0, 0.1) is 0 Å². The van der Waals surface area contributed by atoms with E-state index in [9.17, 15) is 13.2 Å². The summed E-state index contributed by atoms with van der Waals surface area (Å²) in [6, 6.07) is 2.29. The predicted molar refractivity (Wildman–Crippen MR) is 57.2 cm³/mol. The summed E-state index contributed by atoms with van der Waals surface area (Å²) in [6.45, 7) is 0. The molecule has 6 heteroatoms.